The number of thiophene rings is 1. The molecule has 2 amide bonds. The monoisotopic (exact) mass is 470 g/mol. The van der Waals surface area contributed by atoms with E-state index in [9.17, 15) is 19.2 Å². The molecule has 33 heavy (non-hydrogen) atoms. The SMILES string of the molecule is CCCCOC(=O)c1ccc(NC(=O)COC(=O)c2ccc(NC(=O)c3ccco3)s2)cc1. The highest BCUT2D eigenvalue weighted by molar-refractivity contribution is 7.18. The smallest absolute Gasteiger partial charge is 0.348 e. The molecule has 3 rings (SSSR count). The molecule has 2 heterocycles. The molecule has 0 fully saturated rings. The molecule has 10 heteroatoms. The van der Waals surface area contributed by atoms with Crippen LogP contribution in [0.1, 0.15) is 50.3 Å². The molecule has 172 valence electrons. The molecule has 9 nitrogen and oxygen atoms in total. The topological polar surface area (TPSA) is 124 Å². The number of nitrogens with one attached hydrogen (secondary N) is 2. The first kappa shape index (κ1) is 23.7. The van der Waals surface area contributed by atoms with Crippen LogP contribution in [0.4, 0.5) is 10.7 Å². The molecule has 0 saturated heterocycles. The second-order valence-corrected chi connectivity index (χ2v) is 7.87. The number of hydrogen-bond donors (Lipinski definition) is 2. The number of carbonyl (C=O) groups is 4. The fraction of sp³-hybridized carbons (Fsp3) is 0.217. The number of anilines is 2. The quantitative estimate of drug-likeness (QED) is 0.333. The third-order valence-electron chi connectivity index (χ3n) is 4.26. The molecule has 2 aromatic heterocycles. The van der Waals surface area contributed by atoms with Gasteiger partial charge in [0.2, 0.25) is 0 Å². The van der Waals surface area contributed by atoms with Crippen molar-refractivity contribution in [2.75, 3.05) is 23.8 Å². The van der Waals surface area contributed by atoms with Crippen LogP contribution >= 0.6 is 11.3 Å². The Morgan fingerprint density at radius 2 is 1.73 bits per heavy atom. The lowest BCUT2D eigenvalue weighted by Crippen LogP contribution is -2.20. The van der Waals surface area contributed by atoms with E-state index >= 15 is 0 Å². The van der Waals surface area contributed by atoms with E-state index < -0.39 is 30.4 Å². The number of rotatable bonds is 10. The Morgan fingerprint density at radius 1 is 0.939 bits per heavy atom. The van der Waals surface area contributed by atoms with Gasteiger partial charge in [0.05, 0.1) is 23.4 Å². The highest BCUT2D eigenvalue weighted by Gasteiger charge is 2.16. The number of hydrogen-bond acceptors (Lipinski definition) is 8. The molecule has 1 aromatic carbocycles. The van der Waals surface area contributed by atoms with Crippen molar-refractivity contribution in [1.29, 1.82) is 0 Å². The van der Waals surface area contributed by atoms with Crippen molar-refractivity contribution in [3.8, 4) is 0 Å². The fourth-order valence-corrected chi connectivity index (χ4v) is 3.37. The molecule has 0 saturated carbocycles. The highest BCUT2D eigenvalue weighted by Crippen LogP contribution is 2.23. The summed E-state index contributed by atoms with van der Waals surface area (Å²) in [7, 11) is 0. The maximum atomic E-state index is 12.2. The lowest BCUT2D eigenvalue weighted by atomic mass is 10.2. The highest BCUT2D eigenvalue weighted by atomic mass is 32.1. The zero-order chi connectivity index (χ0) is 23.6. The van der Waals surface area contributed by atoms with E-state index in [0.717, 1.165) is 24.2 Å². The third-order valence-corrected chi connectivity index (χ3v) is 5.24. The number of amides is 2. The largest absolute Gasteiger partial charge is 0.462 e. The molecule has 0 aliphatic carbocycles. The van der Waals surface area contributed by atoms with E-state index in [2.05, 4.69) is 10.6 Å². The molecule has 0 atom stereocenters. The zero-order valence-corrected chi connectivity index (χ0v) is 18.6. The molecule has 0 aliphatic heterocycles. The molecule has 2 N–H and O–H groups in total. The zero-order valence-electron chi connectivity index (χ0n) is 17.8. The summed E-state index contributed by atoms with van der Waals surface area (Å²) in [6, 6.07) is 12.3. The van der Waals surface area contributed by atoms with Crippen LogP contribution in [0.15, 0.2) is 59.2 Å². The van der Waals surface area contributed by atoms with Crippen molar-refractivity contribution in [2.24, 2.45) is 0 Å². The van der Waals surface area contributed by atoms with E-state index in [0.29, 0.717) is 22.9 Å². The summed E-state index contributed by atoms with van der Waals surface area (Å²) in [5.41, 5.74) is 0.823. The molecular formula is C23H22N2O7S. The van der Waals surface area contributed by atoms with Gasteiger partial charge in [0.25, 0.3) is 11.8 Å². The minimum atomic E-state index is -0.696. The predicted molar refractivity (Wildman–Crippen MR) is 122 cm³/mol. The average Bonchev–Trinajstić information content (AvgIpc) is 3.51. The fourth-order valence-electron chi connectivity index (χ4n) is 2.58. The van der Waals surface area contributed by atoms with Crippen LogP contribution in [0.5, 0.6) is 0 Å². The Hall–Kier alpha value is -3.92. The van der Waals surface area contributed by atoms with Crippen molar-refractivity contribution in [3.05, 3.63) is 71.0 Å². The van der Waals surface area contributed by atoms with Gasteiger partial charge < -0.3 is 24.5 Å². The summed E-state index contributed by atoms with van der Waals surface area (Å²) in [6.07, 6.45) is 3.11. The summed E-state index contributed by atoms with van der Waals surface area (Å²) >= 11 is 1.01. The van der Waals surface area contributed by atoms with Gasteiger partial charge in [-0.2, -0.15) is 0 Å². The van der Waals surface area contributed by atoms with Crippen molar-refractivity contribution >= 4 is 45.8 Å². The molecule has 0 aliphatic rings. The second-order valence-electron chi connectivity index (χ2n) is 6.79. The van der Waals surface area contributed by atoms with Crippen LogP contribution in [-0.2, 0) is 14.3 Å². The van der Waals surface area contributed by atoms with Gasteiger partial charge in [-0.3, -0.25) is 9.59 Å². The summed E-state index contributed by atoms with van der Waals surface area (Å²) in [5.74, 6) is -1.96. The van der Waals surface area contributed by atoms with E-state index in [4.69, 9.17) is 13.9 Å². The van der Waals surface area contributed by atoms with Crippen LogP contribution in [0.3, 0.4) is 0 Å². The van der Waals surface area contributed by atoms with E-state index in [1.165, 1.54) is 18.4 Å². The van der Waals surface area contributed by atoms with Crippen LogP contribution in [0, 0.1) is 0 Å². The van der Waals surface area contributed by atoms with Gasteiger partial charge in [0, 0.05) is 5.69 Å². The maximum absolute atomic E-state index is 12.2. The predicted octanol–water partition coefficient (Wildman–Crippen LogP) is 4.35. The van der Waals surface area contributed by atoms with Crippen LogP contribution < -0.4 is 10.6 Å². The van der Waals surface area contributed by atoms with Crippen molar-refractivity contribution in [2.45, 2.75) is 19.8 Å². The first-order chi connectivity index (χ1) is 16.0. The molecule has 3 aromatic rings. The van der Waals surface area contributed by atoms with Crippen molar-refractivity contribution in [1.82, 2.24) is 0 Å². The van der Waals surface area contributed by atoms with Gasteiger partial charge in [0.15, 0.2) is 12.4 Å². The number of furan rings is 1. The lowest BCUT2D eigenvalue weighted by Gasteiger charge is -2.07. The summed E-state index contributed by atoms with van der Waals surface area (Å²) in [4.78, 5) is 48.3. The Kier molecular flexibility index (Phi) is 8.36. The van der Waals surface area contributed by atoms with Crippen LogP contribution in [0.25, 0.3) is 0 Å². The summed E-state index contributed by atoms with van der Waals surface area (Å²) in [6.45, 7) is 1.87. The lowest BCUT2D eigenvalue weighted by molar-refractivity contribution is -0.119. The van der Waals surface area contributed by atoms with Gasteiger partial charge in [-0.15, -0.1) is 11.3 Å². The first-order valence-electron chi connectivity index (χ1n) is 10.1. The standard InChI is InChI=1S/C23H22N2O7S/c1-2-3-12-31-22(28)15-6-8-16(9-7-15)24-19(26)14-32-23(29)18-10-11-20(33-18)25-21(27)17-5-4-13-30-17/h4-11,13H,2-3,12,14H2,1H3,(H,24,26)(H,25,27). The van der Waals surface area contributed by atoms with Gasteiger partial charge in [-0.05, 0) is 55.0 Å². The molecule has 0 radical (unpaired) electrons. The number of carbonyl (C=O) groups excluding carboxylic acids is 4. The number of benzene rings is 1. The summed E-state index contributed by atoms with van der Waals surface area (Å²) in [5, 5.41) is 5.62. The van der Waals surface area contributed by atoms with Gasteiger partial charge in [-0.25, -0.2) is 9.59 Å². The van der Waals surface area contributed by atoms with E-state index in [1.54, 1.807) is 36.4 Å². The normalized spacial score (nSPS) is 10.3. The Balaban J connectivity index is 1.44. The minimum absolute atomic E-state index is 0.144. The molecule has 0 unspecified atom stereocenters. The Labute approximate surface area is 193 Å². The number of unbranched alkanes of at least 4 members (excludes halogenated alkanes) is 1. The van der Waals surface area contributed by atoms with Crippen LogP contribution in [0.2, 0.25) is 0 Å². The van der Waals surface area contributed by atoms with E-state index in [1.807, 2.05) is 6.92 Å². The van der Waals surface area contributed by atoms with E-state index in [-0.39, 0.29) is 10.6 Å². The van der Waals surface area contributed by atoms with Crippen molar-refractivity contribution in [3.63, 3.8) is 0 Å². The summed E-state index contributed by atoms with van der Waals surface area (Å²) < 4.78 is 15.2. The molecule has 0 spiro atoms. The maximum Gasteiger partial charge on any atom is 0.348 e. The Bertz CT molecular complexity index is 1100. The van der Waals surface area contributed by atoms with Crippen molar-refractivity contribution < 1.29 is 33.1 Å². The third kappa shape index (κ3) is 7.04. The number of ether oxygens (including phenoxy) is 2. The molecule has 0 bridgehead atoms. The van der Waals surface area contributed by atoms with Gasteiger partial charge in [0.1, 0.15) is 4.88 Å². The van der Waals surface area contributed by atoms with Gasteiger partial charge >= 0.3 is 11.9 Å². The molecular weight excluding hydrogens is 448 g/mol. The minimum Gasteiger partial charge on any atom is -0.462 e. The van der Waals surface area contributed by atoms with Crippen LogP contribution in [-0.4, -0.2) is 37.0 Å². The number of esters is 2. The second kappa shape index (κ2) is 11.6. The van der Waals surface area contributed by atoms with Gasteiger partial charge in [-0.1, -0.05) is 13.3 Å². The first-order valence-corrected chi connectivity index (χ1v) is 11.0. The average molecular weight is 471 g/mol. The Morgan fingerprint density at radius 3 is 2.42 bits per heavy atom.